The number of sulfonamides is 1. The number of nitrogens with one attached hydrogen (secondary N) is 2. The molecule has 0 aliphatic carbocycles. The number of benzene rings is 2. The first-order valence-corrected chi connectivity index (χ1v) is 10.5. The molecule has 9 heteroatoms. The fourth-order valence-electron chi connectivity index (χ4n) is 2.57. The summed E-state index contributed by atoms with van der Waals surface area (Å²) in [7, 11) is -2.57. The van der Waals surface area contributed by atoms with E-state index in [0.717, 1.165) is 5.56 Å². The predicted octanol–water partition coefficient (Wildman–Crippen LogP) is 3.35. The lowest BCUT2D eigenvalue weighted by Crippen LogP contribution is -2.26. The topological polar surface area (TPSA) is 97.6 Å². The van der Waals surface area contributed by atoms with E-state index in [4.69, 9.17) is 20.8 Å². The molecule has 29 heavy (non-hydrogen) atoms. The number of amides is 1. The van der Waals surface area contributed by atoms with Crippen LogP contribution >= 0.6 is 11.6 Å². The third-order valence-electron chi connectivity index (χ3n) is 4.10. The maximum atomic E-state index is 12.8. The van der Waals surface area contributed by atoms with E-state index in [9.17, 15) is 13.2 Å². The molecule has 0 aliphatic heterocycles. The summed E-state index contributed by atoms with van der Waals surface area (Å²) < 4.78 is 38.5. The van der Waals surface area contributed by atoms with Gasteiger partial charge in [-0.2, -0.15) is 0 Å². The molecular weight excluding hydrogens is 416 g/mol. The molecule has 0 fully saturated rings. The maximum absolute atomic E-state index is 12.8. The Bertz CT molecular complexity index is 1080. The van der Waals surface area contributed by atoms with Gasteiger partial charge in [-0.15, -0.1) is 0 Å². The van der Waals surface area contributed by atoms with Gasteiger partial charge in [-0.1, -0.05) is 23.7 Å². The van der Waals surface area contributed by atoms with Crippen LogP contribution in [0.5, 0.6) is 5.75 Å². The molecular formula is C20H19ClN2O5S. The summed E-state index contributed by atoms with van der Waals surface area (Å²) in [5.74, 6) is 0.290. The van der Waals surface area contributed by atoms with Crippen LogP contribution < -0.4 is 14.8 Å². The molecule has 3 rings (SSSR count). The number of carbonyl (C=O) groups excluding carboxylic acids is 1. The second-order valence-corrected chi connectivity index (χ2v) is 8.25. The Morgan fingerprint density at radius 1 is 1.10 bits per heavy atom. The largest absolute Gasteiger partial charge is 0.495 e. The number of rotatable bonds is 8. The summed E-state index contributed by atoms with van der Waals surface area (Å²) >= 11 is 5.84. The lowest BCUT2D eigenvalue weighted by Gasteiger charge is -2.13. The van der Waals surface area contributed by atoms with Gasteiger partial charge in [0, 0.05) is 17.1 Å². The van der Waals surface area contributed by atoms with Gasteiger partial charge in [-0.3, -0.25) is 4.79 Å². The number of hydrogen-bond donors (Lipinski definition) is 2. The Hall–Kier alpha value is -2.81. The second-order valence-electron chi connectivity index (χ2n) is 6.08. The van der Waals surface area contributed by atoms with Gasteiger partial charge in [0.2, 0.25) is 10.0 Å². The number of ether oxygens (including phenoxy) is 1. The number of halogens is 1. The third-order valence-corrected chi connectivity index (χ3v) is 5.77. The minimum Gasteiger partial charge on any atom is -0.495 e. The van der Waals surface area contributed by atoms with Crippen LogP contribution in [-0.4, -0.2) is 21.4 Å². The van der Waals surface area contributed by atoms with E-state index in [1.165, 1.54) is 31.6 Å². The van der Waals surface area contributed by atoms with Crippen LogP contribution in [-0.2, 0) is 23.1 Å². The van der Waals surface area contributed by atoms with Crippen LogP contribution in [0.1, 0.15) is 21.7 Å². The first kappa shape index (κ1) is 20.9. The molecule has 1 aromatic heterocycles. The number of carbonyl (C=O) groups is 1. The fraction of sp³-hybridized carbons (Fsp3) is 0.150. The number of hydrogen-bond acceptors (Lipinski definition) is 5. The van der Waals surface area contributed by atoms with Gasteiger partial charge < -0.3 is 14.5 Å². The monoisotopic (exact) mass is 434 g/mol. The Kier molecular flexibility index (Phi) is 6.58. The highest BCUT2D eigenvalue weighted by Crippen LogP contribution is 2.25. The van der Waals surface area contributed by atoms with E-state index in [2.05, 4.69) is 10.0 Å². The minimum atomic E-state index is -3.93. The molecule has 3 aromatic rings. The third kappa shape index (κ3) is 5.38. The zero-order valence-corrected chi connectivity index (χ0v) is 17.1. The van der Waals surface area contributed by atoms with Crippen molar-refractivity contribution in [2.24, 2.45) is 0 Å². The molecule has 1 heterocycles. The SMILES string of the molecule is COc1ccc(C(=O)NCc2ccco2)cc1S(=O)(=O)NCc1ccc(Cl)cc1. The van der Waals surface area contributed by atoms with Crippen LogP contribution in [0.25, 0.3) is 0 Å². The van der Waals surface area contributed by atoms with Crippen LogP contribution in [0.4, 0.5) is 0 Å². The van der Waals surface area contributed by atoms with E-state index in [1.54, 1.807) is 36.4 Å². The molecule has 0 atom stereocenters. The molecule has 0 bridgehead atoms. The first-order chi connectivity index (χ1) is 13.9. The van der Waals surface area contributed by atoms with Gasteiger partial charge in [-0.05, 0) is 48.0 Å². The summed E-state index contributed by atoms with van der Waals surface area (Å²) in [5, 5.41) is 3.24. The second kappa shape index (κ2) is 9.13. The maximum Gasteiger partial charge on any atom is 0.251 e. The summed E-state index contributed by atoms with van der Waals surface area (Å²) in [6.45, 7) is 0.256. The van der Waals surface area contributed by atoms with Crippen molar-refractivity contribution in [3.05, 3.63) is 82.8 Å². The molecule has 0 spiro atoms. The Balaban J connectivity index is 1.77. The normalized spacial score (nSPS) is 11.2. The van der Waals surface area contributed by atoms with Gasteiger partial charge in [0.1, 0.15) is 16.4 Å². The van der Waals surface area contributed by atoms with E-state index in [-0.39, 0.29) is 29.3 Å². The van der Waals surface area contributed by atoms with Crippen molar-refractivity contribution < 1.29 is 22.4 Å². The van der Waals surface area contributed by atoms with E-state index in [1.807, 2.05) is 0 Å². The van der Waals surface area contributed by atoms with Crippen LogP contribution in [0.15, 0.2) is 70.2 Å². The molecule has 152 valence electrons. The number of methoxy groups -OCH3 is 1. The molecule has 0 saturated heterocycles. The van der Waals surface area contributed by atoms with Crippen molar-refractivity contribution in [1.29, 1.82) is 0 Å². The van der Waals surface area contributed by atoms with Crippen molar-refractivity contribution in [3.8, 4) is 5.75 Å². The van der Waals surface area contributed by atoms with Gasteiger partial charge in [0.15, 0.2) is 0 Å². The molecule has 1 amide bonds. The molecule has 2 aromatic carbocycles. The Labute approximate surface area is 173 Å². The number of furan rings is 1. The van der Waals surface area contributed by atoms with Gasteiger partial charge in [0.25, 0.3) is 5.91 Å². The first-order valence-electron chi connectivity index (χ1n) is 8.62. The predicted molar refractivity (Wildman–Crippen MR) is 108 cm³/mol. The molecule has 0 radical (unpaired) electrons. The van der Waals surface area contributed by atoms with E-state index >= 15 is 0 Å². The highest BCUT2D eigenvalue weighted by atomic mass is 35.5. The fourth-order valence-corrected chi connectivity index (χ4v) is 3.91. The zero-order chi connectivity index (χ0) is 20.9. The summed E-state index contributed by atoms with van der Waals surface area (Å²) in [6, 6.07) is 14.5. The standard InChI is InChI=1S/C20H19ClN2O5S/c1-27-18-9-6-15(20(24)22-13-17-3-2-10-28-17)11-19(18)29(25,26)23-12-14-4-7-16(21)8-5-14/h2-11,23H,12-13H2,1H3,(H,22,24). The van der Waals surface area contributed by atoms with Gasteiger partial charge in [0.05, 0.1) is 19.9 Å². The smallest absolute Gasteiger partial charge is 0.251 e. The average molecular weight is 435 g/mol. The van der Waals surface area contributed by atoms with Crippen LogP contribution in [0.2, 0.25) is 5.02 Å². The summed E-state index contributed by atoms with van der Waals surface area (Å²) in [4.78, 5) is 12.3. The van der Waals surface area contributed by atoms with Gasteiger partial charge >= 0.3 is 0 Å². The van der Waals surface area contributed by atoms with Crippen molar-refractivity contribution in [3.63, 3.8) is 0 Å². The zero-order valence-electron chi connectivity index (χ0n) is 15.5. The molecule has 0 aliphatic rings. The van der Waals surface area contributed by atoms with E-state index < -0.39 is 15.9 Å². The van der Waals surface area contributed by atoms with Crippen LogP contribution in [0.3, 0.4) is 0 Å². The summed E-state index contributed by atoms with van der Waals surface area (Å²) in [5.41, 5.74) is 0.925. The summed E-state index contributed by atoms with van der Waals surface area (Å²) in [6.07, 6.45) is 1.51. The molecule has 2 N–H and O–H groups in total. The molecule has 0 unspecified atom stereocenters. The quantitative estimate of drug-likeness (QED) is 0.566. The lowest BCUT2D eigenvalue weighted by molar-refractivity contribution is 0.0947. The lowest BCUT2D eigenvalue weighted by atomic mass is 10.2. The van der Waals surface area contributed by atoms with Crippen LogP contribution in [0, 0.1) is 0 Å². The highest BCUT2D eigenvalue weighted by molar-refractivity contribution is 7.89. The van der Waals surface area contributed by atoms with Crippen molar-refractivity contribution in [2.45, 2.75) is 18.0 Å². The van der Waals surface area contributed by atoms with Crippen molar-refractivity contribution >= 4 is 27.5 Å². The highest BCUT2D eigenvalue weighted by Gasteiger charge is 2.21. The average Bonchev–Trinajstić information content (AvgIpc) is 3.25. The molecule has 0 saturated carbocycles. The Morgan fingerprint density at radius 2 is 1.86 bits per heavy atom. The van der Waals surface area contributed by atoms with E-state index in [0.29, 0.717) is 10.8 Å². The Morgan fingerprint density at radius 3 is 2.52 bits per heavy atom. The van der Waals surface area contributed by atoms with Gasteiger partial charge in [-0.25, -0.2) is 13.1 Å². The minimum absolute atomic E-state index is 0.0670. The van der Waals surface area contributed by atoms with Crippen molar-refractivity contribution in [1.82, 2.24) is 10.0 Å². The molecule has 7 nitrogen and oxygen atoms in total. The van der Waals surface area contributed by atoms with Crippen molar-refractivity contribution in [2.75, 3.05) is 7.11 Å².